The van der Waals surface area contributed by atoms with Gasteiger partial charge in [-0.15, -0.1) is 0 Å². The standard InChI is InChI=1S/C14H9FN4O/c1-19-5-4-8-6-10(16-7-11(8)19)14-17-9-2-3-12(15)18-13(9)20-14/h2-7H,1H3. The molecule has 0 saturated heterocycles. The third kappa shape index (κ3) is 1.58. The van der Waals surface area contributed by atoms with E-state index in [0.29, 0.717) is 17.1 Å². The molecule has 0 amide bonds. The van der Waals surface area contributed by atoms with Gasteiger partial charge in [0.05, 0.1) is 11.7 Å². The zero-order valence-corrected chi connectivity index (χ0v) is 10.5. The van der Waals surface area contributed by atoms with Crippen molar-refractivity contribution in [3.05, 3.63) is 42.6 Å². The molecule has 0 unspecified atom stereocenters. The predicted molar refractivity (Wildman–Crippen MR) is 71.5 cm³/mol. The minimum atomic E-state index is -0.591. The SMILES string of the molecule is Cn1ccc2cc(-c3nc4ccc(F)nc4o3)ncc21. The van der Waals surface area contributed by atoms with Crippen LogP contribution in [-0.2, 0) is 7.05 Å². The van der Waals surface area contributed by atoms with E-state index in [9.17, 15) is 4.39 Å². The van der Waals surface area contributed by atoms with Gasteiger partial charge >= 0.3 is 0 Å². The van der Waals surface area contributed by atoms with Crippen molar-refractivity contribution in [1.82, 2.24) is 19.5 Å². The van der Waals surface area contributed by atoms with Crippen LogP contribution in [0, 0.1) is 5.95 Å². The fourth-order valence-electron chi connectivity index (χ4n) is 2.19. The van der Waals surface area contributed by atoms with E-state index in [1.54, 1.807) is 6.20 Å². The molecule has 0 aliphatic rings. The number of pyridine rings is 2. The van der Waals surface area contributed by atoms with Crippen LogP contribution in [0.4, 0.5) is 4.39 Å². The van der Waals surface area contributed by atoms with Crippen LogP contribution in [0.1, 0.15) is 0 Å². The van der Waals surface area contributed by atoms with Gasteiger partial charge in [0.2, 0.25) is 17.6 Å². The molecule has 0 bridgehead atoms. The van der Waals surface area contributed by atoms with Crippen LogP contribution in [-0.4, -0.2) is 19.5 Å². The molecule has 4 heterocycles. The molecule has 98 valence electrons. The molecule has 0 aliphatic heterocycles. The summed E-state index contributed by atoms with van der Waals surface area (Å²) in [6.45, 7) is 0. The molecule has 0 spiro atoms. The lowest BCUT2D eigenvalue weighted by Crippen LogP contribution is -1.87. The second-order valence-corrected chi connectivity index (χ2v) is 4.53. The number of aromatic nitrogens is 4. The van der Waals surface area contributed by atoms with E-state index in [1.807, 2.05) is 29.9 Å². The summed E-state index contributed by atoms with van der Waals surface area (Å²) in [4.78, 5) is 12.3. The number of rotatable bonds is 1. The molecule has 0 saturated carbocycles. The van der Waals surface area contributed by atoms with Crippen molar-refractivity contribution in [3.63, 3.8) is 0 Å². The van der Waals surface area contributed by atoms with Crippen LogP contribution < -0.4 is 0 Å². The average Bonchev–Trinajstić information content (AvgIpc) is 3.02. The first-order chi connectivity index (χ1) is 9.70. The highest BCUT2D eigenvalue weighted by molar-refractivity contribution is 5.83. The highest BCUT2D eigenvalue weighted by Crippen LogP contribution is 2.24. The zero-order valence-electron chi connectivity index (χ0n) is 10.5. The first-order valence-electron chi connectivity index (χ1n) is 6.05. The molecular formula is C14H9FN4O. The lowest BCUT2D eigenvalue weighted by atomic mass is 10.2. The van der Waals surface area contributed by atoms with Crippen LogP contribution in [0.25, 0.3) is 33.7 Å². The molecule has 4 aromatic heterocycles. The van der Waals surface area contributed by atoms with Crippen LogP contribution in [0.15, 0.2) is 41.1 Å². The summed E-state index contributed by atoms with van der Waals surface area (Å²) >= 11 is 0. The van der Waals surface area contributed by atoms with Gasteiger partial charge in [-0.25, -0.2) is 9.97 Å². The van der Waals surface area contributed by atoms with Gasteiger partial charge in [0.25, 0.3) is 0 Å². The predicted octanol–water partition coefficient (Wildman–Crippen LogP) is 2.92. The Morgan fingerprint density at radius 2 is 2.10 bits per heavy atom. The average molecular weight is 268 g/mol. The number of hydrogen-bond donors (Lipinski definition) is 0. The fourth-order valence-corrected chi connectivity index (χ4v) is 2.19. The summed E-state index contributed by atoms with van der Waals surface area (Å²) in [5.74, 6) is -0.254. The van der Waals surface area contributed by atoms with Crippen molar-refractivity contribution in [3.8, 4) is 11.6 Å². The molecule has 0 fully saturated rings. The highest BCUT2D eigenvalue weighted by atomic mass is 19.1. The van der Waals surface area contributed by atoms with Crippen LogP contribution in [0.5, 0.6) is 0 Å². The molecular weight excluding hydrogens is 259 g/mol. The molecule has 4 rings (SSSR count). The molecule has 0 aromatic carbocycles. The van der Waals surface area contributed by atoms with Gasteiger partial charge in [-0.1, -0.05) is 0 Å². The van der Waals surface area contributed by atoms with Crippen molar-refractivity contribution in [2.75, 3.05) is 0 Å². The van der Waals surface area contributed by atoms with E-state index >= 15 is 0 Å². The van der Waals surface area contributed by atoms with Gasteiger partial charge in [0, 0.05) is 18.6 Å². The van der Waals surface area contributed by atoms with E-state index < -0.39 is 5.95 Å². The number of oxazole rings is 1. The minimum absolute atomic E-state index is 0.176. The Labute approximate surface area is 112 Å². The summed E-state index contributed by atoms with van der Waals surface area (Å²) in [6, 6.07) is 6.66. The number of halogens is 1. The van der Waals surface area contributed by atoms with Crippen molar-refractivity contribution >= 4 is 22.1 Å². The molecule has 6 heteroatoms. The molecule has 5 nitrogen and oxygen atoms in total. The van der Waals surface area contributed by atoms with Crippen molar-refractivity contribution in [2.45, 2.75) is 0 Å². The van der Waals surface area contributed by atoms with Crippen LogP contribution in [0.3, 0.4) is 0 Å². The fraction of sp³-hybridized carbons (Fsp3) is 0.0714. The Balaban J connectivity index is 1.91. The zero-order chi connectivity index (χ0) is 13.7. The van der Waals surface area contributed by atoms with Crippen LogP contribution >= 0.6 is 0 Å². The first-order valence-corrected chi connectivity index (χ1v) is 6.05. The van der Waals surface area contributed by atoms with E-state index in [2.05, 4.69) is 15.0 Å². The quantitative estimate of drug-likeness (QED) is 0.498. The summed E-state index contributed by atoms with van der Waals surface area (Å²) in [7, 11) is 1.95. The van der Waals surface area contributed by atoms with Gasteiger partial charge in [-0.3, -0.25) is 0 Å². The largest absolute Gasteiger partial charge is 0.416 e. The van der Waals surface area contributed by atoms with Crippen LogP contribution in [0.2, 0.25) is 0 Å². The lowest BCUT2D eigenvalue weighted by Gasteiger charge is -1.97. The maximum atomic E-state index is 13.0. The monoisotopic (exact) mass is 268 g/mol. The molecule has 20 heavy (non-hydrogen) atoms. The molecule has 4 aromatic rings. The van der Waals surface area contributed by atoms with E-state index in [1.165, 1.54) is 12.1 Å². The number of hydrogen-bond acceptors (Lipinski definition) is 4. The highest BCUT2D eigenvalue weighted by Gasteiger charge is 2.12. The first kappa shape index (κ1) is 11.1. The number of aryl methyl sites for hydroxylation is 1. The number of fused-ring (bicyclic) bond motifs is 2. The number of nitrogens with zero attached hydrogens (tertiary/aromatic N) is 4. The van der Waals surface area contributed by atoms with E-state index in [0.717, 1.165) is 10.9 Å². The molecule has 0 radical (unpaired) electrons. The van der Waals surface area contributed by atoms with E-state index in [4.69, 9.17) is 4.42 Å². The van der Waals surface area contributed by atoms with Crippen molar-refractivity contribution < 1.29 is 8.81 Å². The summed E-state index contributed by atoms with van der Waals surface area (Å²) in [6.07, 6.45) is 3.71. The van der Waals surface area contributed by atoms with Crippen molar-refractivity contribution in [2.24, 2.45) is 7.05 Å². The second kappa shape index (κ2) is 3.86. The van der Waals surface area contributed by atoms with Gasteiger partial charge in [-0.2, -0.15) is 9.37 Å². The Kier molecular flexibility index (Phi) is 2.14. The van der Waals surface area contributed by atoms with Gasteiger partial charge < -0.3 is 8.98 Å². The smallest absolute Gasteiger partial charge is 0.250 e. The van der Waals surface area contributed by atoms with Gasteiger partial charge in [-0.05, 0) is 24.3 Å². The maximum absolute atomic E-state index is 13.0. The summed E-state index contributed by atoms with van der Waals surface area (Å²) in [5, 5.41) is 1.04. The summed E-state index contributed by atoms with van der Waals surface area (Å²) < 4.78 is 20.5. The normalized spacial score (nSPS) is 11.5. The van der Waals surface area contributed by atoms with Gasteiger partial charge in [0.1, 0.15) is 11.2 Å². The van der Waals surface area contributed by atoms with Crippen molar-refractivity contribution in [1.29, 1.82) is 0 Å². The second-order valence-electron chi connectivity index (χ2n) is 4.53. The Morgan fingerprint density at radius 3 is 3.00 bits per heavy atom. The third-order valence-corrected chi connectivity index (χ3v) is 3.21. The molecule has 0 aliphatic carbocycles. The van der Waals surface area contributed by atoms with Gasteiger partial charge in [0.15, 0.2) is 0 Å². The Morgan fingerprint density at radius 1 is 1.20 bits per heavy atom. The molecule has 0 N–H and O–H groups in total. The minimum Gasteiger partial charge on any atom is -0.416 e. The lowest BCUT2D eigenvalue weighted by molar-refractivity contribution is 0.558. The topological polar surface area (TPSA) is 56.7 Å². The Hall–Kier alpha value is -2.76. The Bertz CT molecular complexity index is 941. The summed E-state index contributed by atoms with van der Waals surface area (Å²) in [5.41, 5.74) is 2.31. The maximum Gasteiger partial charge on any atom is 0.250 e. The van der Waals surface area contributed by atoms with E-state index in [-0.39, 0.29) is 5.71 Å². The molecule has 0 atom stereocenters. The third-order valence-electron chi connectivity index (χ3n) is 3.21.